The molecule has 0 saturated carbocycles. The number of carbonyl (C=O) groups is 1. The second-order valence-electron chi connectivity index (χ2n) is 4.59. The summed E-state index contributed by atoms with van der Waals surface area (Å²) in [5.74, 6) is 0.543. The summed E-state index contributed by atoms with van der Waals surface area (Å²) in [4.78, 5) is 11.6. The predicted molar refractivity (Wildman–Crippen MR) is 73.4 cm³/mol. The molecule has 0 heterocycles. The molecule has 1 unspecified atom stereocenters. The van der Waals surface area contributed by atoms with Gasteiger partial charge in [0.15, 0.2) is 6.10 Å². The van der Waals surface area contributed by atoms with Crippen molar-refractivity contribution in [2.45, 2.75) is 45.6 Å². The summed E-state index contributed by atoms with van der Waals surface area (Å²) in [5.41, 5.74) is 5.48. The lowest BCUT2D eigenvalue weighted by molar-refractivity contribution is -0.127. The third-order valence-electron chi connectivity index (χ3n) is 3.03. The van der Waals surface area contributed by atoms with E-state index in [9.17, 15) is 4.79 Å². The van der Waals surface area contributed by atoms with Crippen molar-refractivity contribution in [2.24, 2.45) is 11.7 Å². The van der Waals surface area contributed by atoms with E-state index in [0.29, 0.717) is 5.75 Å². The highest BCUT2D eigenvalue weighted by Crippen LogP contribution is 2.22. The van der Waals surface area contributed by atoms with Crippen LogP contribution in [0, 0.1) is 5.92 Å². The average molecular weight is 249 g/mol. The lowest BCUT2D eigenvalue weighted by Crippen LogP contribution is -2.40. The van der Waals surface area contributed by atoms with E-state index in [-0.39, 0.29) is 11.8 Å². The molecule has 1 aromatic rings. The maximum Gasteiger partial charge on any atom is 0.258 e. The van der Waals surface area contributed by atoms with Crippen LogP contribution in [0.25, 0.3) is 0 Å². The fourth-order valence-corrected chi connectivity index (χ4v) is 2.22. The molecule has 0 aliphatic rings. The minimum absolute atomic E-state index is 0.206. The van der Waals surface area contributed by atoms with Gasteiger partial charge in [-0.05, 0) is 25.0 Å². The lowest BCUT2D eigenvalue weighted by atomic mass is 9.92. The zero-order valence-electron chi connectivity index (χ0n) is 11.3. The number of amides is 1. The molecule has 0 saturated heterocycles. The summed E-state index contributed by atoms with van der Waals surface area (Å²) < 4.78 is 5.77. The Bertz CT molecular complexity index is 345. The van der Waals surface area contributed by atoms with Crippen LogP contribution in [0.2, 0.25) is 0 Å². The fraction of sp³-hybridized carbons (Fsp3) is 0.533. The standard InChI is InChI=1S/C15H23NO2/c1-3-8-12(9-4-2)14(15(16)17)18-13-10-6-5-7-11-13/h5-7,10-12,14H,3-4,8-9H2,1-2H3,(H2,16,17). The molecule has 0 aliphatic carbocycles. The summed E-state index contributed by atoms with van der Waals surface area (Å²) >= 11 is 0. The molecule has 1 rings (SSSR count). The first-order valence-electron chi connectivity index (χ1n) is 6.70. The van der Waals surface area contributed by atoms with Gasteiger partial charge < -0.3 is 10.5 Å². The molecule has 2 N–H and O–H groups in total. The first-order chi connectivity index (χ1) is 8.69. The SMILES string of the molecule is CCCC(CCC)C(Oc1ccccc1)C(N)=O. The second kappa shape index (κ2) is 7.75. The van der Waals surface area contributed by atoms with Gasteiger partial charge in [0.2, 0.25) is 0 Å². The summed E-state index contributed by atoms with van der Waals surface area (Å²) in [5, 5.41) is 0. The van der Waals surface area contributed by atoms with Gasteiger partial charge in [0.1, 0.15) is 5.75 Å². The van der Waals surface area contributed by atoms with Crippen LogP contribution < -0.4 is 10.5 Å². The molecule has 100 valence electrons. The maximum absolute atomic E-state index is 11.6. The van der Waals surface area contributed by atoms with Gasteiger partial charge in [0.25, 0.3) is 5.91 Å². The van der Waals surface area contributed by atoms with E-state index in [0.717, 1.165) is 25.7 Å². The van der Waals surface area contributed by atoms with E-state index >= 15 is 0 Å². The zero-order valence-corrected chi connectivity index (χ0v) is 11.3. The lowest BCUT2D eigenvalue weighted by Gasteiger charge is -2.25. The third-order valence-corrected chi connectivity index (χ3v) is 3.03. The monoisotopic (exact) mass is 249 g/mol. The molecule has 0 spiro atoms. The van der Waals surface area contributed by atoms with E-state index in [1.54, 1.807) is 0 Å². The van der Waals surface area contributed by atoms with Crippen molar-refractivity contribution in [1.29, 1.82) is 0 Å². The number of primary amides is 1. The summed E-state index contributed by atoms with van der Waals surface area (Å²) in [7, 11) is 0. The van der Waals surface area contributed by atoms with E-state index in [2.05, 4.69) is 13.8 Å². The summed E-state index contributed by atoms with van der Waals surface area (Å²) in [6, 6.07) is 9.40. The van der Waals surface area contributed by atoms with Gasteiger partial charge >= 0.3 is 0 Å². The van der Waals surface area contributed by atoms with Crippen LogP contribution in [0.4, 0.5) is 0 Å². The highest BCUT2D eigenvalue weighted by atomic mass is 16.5. The number of rotatable bonds is 8. The first-order valence-corrected chi connectivity index (χ1v) is 6.70. The van der Waals surface area contributed by atoms with Crippen molar-refractivity contribution in [3.8, 4) is 5.75 Å². The predicted octanol–water partition coefficient (Wildman–Crippen LogP) is 3.14. The average Bonchev–Trinajstić information content (AvgIpc) is 2.37. The van der Waals surface area contributed by atoms with Gasteiger partial charge in [-0.25, -0.2) is 0 Å². The molecule has 0 aromatic heterocycles. The van der Waals surface area contributed by atoms with Gasteiger partial charge in [-0.2, -0.15) is 0 Å². The van der Waals surface area contributed by atoms with Crippen molar-refractivity contribution in [3.05, 3.63) is 30.3 Å². The van der Waals surface area contributed by atoms with E-state index in [1.807, 2.05) is 30.3 Å². The van der Waals surface area contributed by atoms with Crippen LogP contribution in [0.5, 0.6) is 5.75 Å². The number of nitrogens with two attached hydrogens (primary N) is 1. The Morgan fingerprint density at radius 1 is 1.17 bits per heavy atom. The number of ether oxygens (including phenoxy) is 1. The topological polar surface area (TPSA) is 52.3 Å². The van der Waals surface area contributed by atoms with Crippen LogP contribution in [-0.2, 0) is 4.79 Å². The molecular formula is C15H23NO2. The Balaban J connectivity index is 2.77. The minimum atomic E-state index is -0.521. The smallest absolute Gasteiger partial charge is 0.258 e. The molecule has 18 heavy (non-hydrogen) atoms. The van der Waals surface area contributed by atoms with Gasteiger partial charge in [-0.3, -0.25) is 4.79 Å². The van der Waals surface area contributed by atoms with Crippen LogP contribution in [0.1, 0.15) is 39.5 Å². The molecule has 1 atom stereocenters. The van der Waals surface area contributed by atoms with E-state index in [4.69, 9.17) is 10.5 Å². The highest BCUT2D eigenvalue weighted by Gasteiger charge is 2.27. The molecule has 0 bridgehead atoms. The molecule has 3 nitrogen and oxygen atoms in total. The quantitative estimate of drug-likeness (QED) is 0.769. The van der Waals surface area contributed by atoms with Crippen molar-refractivity contribution in [2.75, 3.05) is 0 Å². The number of benzene rings is 1. The van der Waals surface area contributed by atoms with Crippen LogP contribution in [0.15, 0.2) is 30.3 Å². The van der Waals surface area contributed by atoms with Gasteiger partial charge in [0.05, 0.1) is 0 Å². The van der Waals surface area contributed by atoms with Crippen LogP contribution in [-0.4, -0.2) is 12.0 Å². The number of carbonyl (C=O) groups excluding carboxylic acids is 1. The highest BCUT2D eigenvalue weighted by molar-refractivity contribution is 5.79. The van der Waals surface area contributed by atoms with Crippen molar-refractivity contribution < 1.29 is 9.53 Å². The Morgan fingerprint density at radius 2 is 1.72 bits per heavy atom. The molecule has 0 radical (unpaired) electrons. The molecule has 0 aliphatic heterocycles. The Kier molecular flexibility index (Phi) is 6.26. The molecular weight excluding hydrogens is 226 g/mol. The van der Waals surface area contributed by atoms with Crippen molar-refractivity contribution in [1.82, 2.24) is 0 Å². The minimum Gasteiger partial charge on any atom is -0.480 e. The largest absolute Gasteiger partial charge is 0.480 e. The second-order valence-corrected chi connectivity index (χ2v) is 4.59. The van der Waals surface area contributed by atoms with Gasteiger partial charge in [-0.15, -0.1) is 0 Å². The third kappa shape index (κ3) is 4.40. The molecule has 3 heteroatoms. The van der Waals surface area contributed by atoms with Crippen LogP contribution in [0.3, 0.4) is 0 Å². The Morgan fingerprint density at radius 3 is 2.17 bits per heavy atom. The number of para-hydroxylation sites is 1. The number of hydrogen-bond acceptors (Lipinski definition) is 2. The zero-order chi connectivity index (χ0) is 13.4. The van der Waals surface area contributed by atoms with E-state index < -0.39 is 6.10 Å². The number of hydrogen-bond donors (Lipinski definition) is 1. The van der Waals surface area contributed by atoms with Crippen molar-refractivity contribution in [3.63, 3.8) is 0 Å². The van der Waals surface area contributed by atoms with Gasteiger partial charge in [-0.1, -0.05) is 44.9 Å². The van der Waals surface area contributed by atoms with Gasteiger partial charge in [0, 0.05) is 5.92 Å². The van der Waals surface area contributed by atoms with Crippen LogP contribution >= 0.6 is 0 Å². The molecule has 1 aromatic carbocycles. The first kappa shape index (κ1) is 14.6. The van der Waals surface area contributed by atoms with E-state index in [1.165, 1.54) is 0 Å². The Hall–Kier alpha value is -1.51. The normalized spacial score (nSPS) is 12.4. The Labute approximate surface area is 109 Å². The molecule has 1 amide bonds. The summed E-state index contributed by atoms with van der Waals surface area (Å²) in [6.07, 6.45) is 3.48. The van der Waals surface area contributed by atoms with Crippen molar-refractivity contribution >= 4 is 5.91 Å². The summed E-state index contributed by atoms with van der Waals surface area (Å²) in [6.45, 7) is 4.23. The molecule has 0 fully saturated rings. The fourth-order valence-electron chi connectivity index (χ4n) is 2.22. The maximum atomic E-state index is 11.6.